The van der Waals surface area contributed by atoms with Crippen molar-refractivity contribution in [1.82, 2.24) is 15.0 Å². The highest BCUT2D eigenvalue weighted by molar-refractivity contribution is 5.90. The van der Waals surface area contributed by atoms with Crippen LogP contribution in [0.25, 0.3) is 0 Å². The Hall–Kier alpha value is -1.43. The zero-order valence-electron chi connectivity index (χ0n) is 10.9. The molecule has 1 aromatic rings. The number of aromatic nitrogens is 2. The number of amides is 1. The van der Waals surface area contributed by atoms with E-state index in [1.165, 1.54) is 0 Å². The minimum Gasteiger partial charge on any atom is -0.339 e. The highest BCUT2D eigenvalue weighted by Gasteiger charge is 2.26. The molecule has 0 aliphatic carbocycles. The summed E-state index contributed by atoms with van der Waals surface area (Å²) in [5.74, 6) is 0.283. The van der Waals surface area contributed by atoms with Gasteiger partial charge in [-0.05, 0) is 18.9 Å². The number of rotatable bonds is 5. The first-order valence-electron chi connectivity index (χ1n) is 5.69. The van der Waals surface area contributed by atoms with Crippen LogP contribution >= 0.6 is 0 Å². The van der Waals surface area contributed by atoms with Crippen LogP contribution in [0.1, 0.15) is 37.3 Å². The van der Waals surface area contributed by atoms with Crippen LogP contribution in [0.15, 0.2) is 4.52 Å². The van der Waals surface area contributed by atoms with Gasteiger partial charge >= 0.3 is 0 Å². The molecular weight excluding hydrogens is 220 g/mol. The van der Waals surface area contributed by atoms with Crippen molar-refractivity contribution in [1.29, 1.82) is 0 Å². The smallest absolute Gasteiger partial charge is 0.295 e. The maximum Gasteiger partial charge on any atom is 0.295 e. The molecule has 0 atom stereocenters. The summed E-state index contributed by atoms with van der Waals surface area (Å²) in [6, 6.07) is 0. The van der Waals surface area contributed by atoms with Gasteiger partial charge in [0, 0.05) is 20.0 Å². The molecule has 2 N–H and O–H groups in total. The van der Waals surface area contributed by atoms with Crippen LogP contribution in [-0.4, -0.2) is 40.6 Å². The summed E-state index contributed by atoms with van der Waals surface area (Å²) in [6.07, 6.45) is 0. The van der Waals surface area contributed by atoms with Crippen molar-refractivity contribution in [2.45, 2.75) is 27.7 Å². The second-order valence-corrected chi connectivity index (χ2v) is 4.82. The molecule has 0 aliphatic rings. The minimum absolute atomic E-state index is 0.108. The number of nitrogens with zero attached hydrogens (tertiary/aromatic N) is 3. The first kappa shape index (κ1) is 13.6. The number of carbonyl (C=O) groups excluding carboxylic acids is 1. The van der Waals surface area contributed by atoms with Crippen molar-refractivity contribution in [3.63, 3.8) is 0 Å². The van der Waals surface area contributed by atoms with Gasteiger partial charge in [-0.3, -0.25) is 4.79 Å². The summed E-state index contributed by atoms with van der Waals surface area (Å²) in [7, 11) is 0. The lowest BCUT2D eigenvalue weighted by molar-refractivity contribution is 0.0685. The fourth-order valence-corrected chi connectivity index (χ4v) is 1.44. The van der Waals surface area contributed by atoms with Crippen LogP contribution in [-0.2, 0) is 0 Å². The van der Waals surface area contributed by atoms with Gasteiger partial charge in [-0.2, -0.15) is 4.98 Å². The molecule has 6 heteroatoms. The third-order valence-corrected chi connectivity index (χ3v) is 2.56. The Morgan fingerprint density at radius 1 is 1.53 bits per heavy atom. The average Bonchev–Trinajstić information content (AvgIpc) is 2.72. The first-order chi connectivity index (χ1) is 7.89. The van der Waals surface area contributed by atoms with E-state index in [1.807, 2.05) is 20.8 Å². The number of carbonyl (C=O) groups is 1. The Bertz CT molecular complexity index is 387. The molecular formula is C11H20N4O2. The lowest BCUT2D eigenvalue weighted by atomic mass is 9.93. The summed E-state index contributed by atoms with van der Waals surface area (Å²) in [5.41, 5.74) is 5.54. The molecule has 0 aliphatic heterocycles. The van der Waals surface area contributed by atoms with E-state index in [1.54, 1.807) is 11.8 Å². The maximum atomic E-state index is 12.1. The minimum atomic E-state index is -0.217. The zero-order valence-corrected chi connectivity index (χ0v) is 10.9. The SMILES string of the molecule is CCN(CC(C)(C)CN)C(=O)c1noc(C)n1. The normalized spacial score (nSPS) is 11.6. The van der Waals surface area contributed by atoms with Gasteiger partial charge in [-0.25, -0.2) is 0 Å². The molecule has 0 unspecified atom stereocenters. The van der Waals surface area contributed by atoms with Crippen molar-refractivity contribution in [2.75, 3.05) is 19.6 Å². The van der Waals surface area contributed by atoms with Crippen molar-refractivity contribution in [3.05, 3.63) is 11.7 Å². The van der Waals surface area contributed by atoms with Crippen LogP contribution in [0.4, 0.5) is 0 Å². The quantitative estimate of drug-likeness (QED) is 0.823. The Balaban J connectivity index is 2.78. The van der Waals surface area contributed by atoms with Gasteiger partial charge in [-0.15, -0.1) is 0 Å². The molecule has 17 heavy (non-hydrogen) atoms. The highest BCUT2D eigenvalue weighted by atomic mass is 16.5. The van der Waals surface area contributed by atoms with Crippen LogP contribution in [0.2, 0.25) is 0 Å². The fraction of sp³-hybridized carbons (Fsp3) is 0.727. The van der Waals surface area contributed by atoms with Crippen molar-refractivity contribution >= 4 is 5.91 Å². The van der Waals surface area contributed by atoms with E-state index in [2.05, 4.69) is 10.1 Å². The highest BCUT2D eigenvalue weighted by Crippen LogP contribution is 2.16. The van der Waals surface area contributed by atoms with E-state index in [9.17, 15) is 4.79 Å². The zero-order chi connectivity index (χ0) is 13.1. The lowest BCUT2D eigenvalue weighted by Crippen LogP contribution is -2.42. The van der Waals surface area contributed by atoms with Gasteiger partial charge in [0.05, 0.1) is 0 Å². The molecule has 0 saturated heterocycles. The number of aryl methyl sites for hydroxylation is 1. The van der Waals surface area contributed by atoms with E-state index in [0.29, 0.717) is 25.5 Å². The van der Waals surface area contributed by atoms with Gasteiger partial charge in [0.15, 0.2) is 0 Å². The predicted octanol–water partition coefficient (Wildman–Crippen LogP) is 0.825. The molecule has 96 valence electrons. The monoisotopic (exact) mass is 240 g/mol. The van der Waals surface area contributed by atoms with Crippen molar-refractivity contribution in [3.8, 4) is 0 Å². The second-order valence-electron chi connectivity index (χ2n) is 4.82. The molecule has 6 nitrogen and oxygen atoms in total. The summed E-state index contributed by atoms with van der Waals surface area (Å²) >= 11 is 0. The molecule has 1 aromatic heterocycles. The Labute approximate surface area is 101 Å². The van der Waals surface area contributed by atoms with Crippen LogP contribution < -0.4 is 5.73 Å². The van der Waals surface area contributed by atoms with E-state index in [4.69, 9.17) is 10.3 Å². The first-order valence-corrected chi connectivity index (χ1v) is 5.69. The molecule has 0 aromatic carbocycles. The molecule has 1 heterocycles. The number of nitrogens with two attached hydrogens (primary N) is 1. The van der Waals surface area contributed by atoms with Crippen LogP contribution in [0.5, 0.6) is 0 Å². The molecule has 0 fully saturated rings. The van der Waals surface area contributed by atoms with Gasteiger partial charge in [0.25, 0.3) is 11.7 Å². The van der Waals surface area contributed by atoms with E-state index in [-0.39, 0.29) is 17.1 Å². The Morgan fingerprint density at radius 2 is 2.18 bits per heavy atom. The van der Waals surface area contributed by atoms with Gasteiger partial charge in [-0.1, -0.05) is 19.0 Å². The number of hydrogen-bond donors (Lipinski definition) is 1. The van der Waals surface area contributed by atoms with Gasteiger partial charge in [0.2, 0.25) is 5.89 Å². The Morgan fingerprint density at radius 3 is 2.59 bits per heavy atom. The summed E-state index contributed by atoms with van der Waals surface area (Å²) in [4.78, 5) is 17.7. The molecule has 0 radical (unpaired) electrons. The fourth-order valence-electron chi connectivity index (χ4n) is 1.44. The molecule has 0 saturated carbocycles. The van der Waals surface area contributed by atoms with Gasteiger partial charge in [0.1, 0.15) is 0 Å². The second kappa shape index (κ2) is 5.27. The standard InChI is InChI=1S/C11H20N4O2/c1-5-15(7-11(3,4)6-12)10(16)9-13-8(2)17-14-9/h5-7,12H2,1-4H3. The van der Waals surface area contributed by atoms with E-state index in [0.717, 1.165) is 0 Å². The van der Waals surface area contributed by atoms with Gasteiger partial charge < -0.3 is 15.2 Å². The van der Waals surface area contributed by atoms with Crippen LogP contribution in [0, 0.1) is 12.3 Å². The lowest BCUT2D eigenvalue weighted by Gasteiger charge is -2.30. The maximum absolute atomic E-state index is 12.1. The summed E-state index contributed by atoms with van der Waals surface area (Å²) < 4.78 is 4.80. The molecule has 1 rings (SSSR count). The topological polar surface area (TPSA) is 85.2 Å². The molecule has 1 amide bonds. The van der Waals surface area contributed by atoms with E-state index < -0.39 is 0 Å². The predicted molar refractivity (Wildman–Crippen MR) is 63.4 cm³/mol. The van der Waals surface area contributed by atoms with Crippen molar-refractivity contribution < 1.29 is 9.32 Å². The Kier molecular flexibility index (Phi) is 4.22. The van der Waals surface area contributed by atoms with Crippen LogP contribution in [0.3, 0.4) is 0 Å². The van der Waals surface area contributed by atoms with Crippen molar-refractivity contribution in [2.24, 2.45) is 11.1 Å². The van der Waals surface area contributed by atoms with E-state index >= 15 is 0 Å². The third-order valence-electron chi connectivity index (χ3n) is 2.56. The summed E-state index contributed by atoms with van der Waals surface area (Å²) in [6.45, 7) is 9.29. The third kappa shape index (κ3) is 3.52. The largest absolute Gasteiger partial charge is 0.339 e. The average molecular weight is 240 g/mol. The molecule has 0 spiro atoms. The molecule has 0 bridgehead atoms. The summed E-state index contributed by atoms with van der Waals surface area (Å²) in [5, 5.41) is 3.63. The number of hydrogen-bond acceptors (Lipinski definition) is 5.